The lowest BCUT2D eigenvalue weighted by molar-refractivity contribution is -0.121. The van der Waals surface area contributed by atoms with Gasteiger partial charge in [-0.3, -0.25) is 4.79 Å². The molecule has 0 bridgehead atoms. The highest BCUT2D eigenvalue weighted by molar-refractivity contribution is 5.94. The first-order chi connectivity index (χ1) is 14.9. The van der Waals surface area contributed by atoms with E-state index in [0.717, 1.165) is 24.1 Å². The third-order valence-corrected chi connectivity index (χ3v) is 5.91. The molecule has 0 spiro atoms. The van der Waals surface area contributed by atoms with Crippen LogP contribution in [0.4, 0.5) is 16.2 Å². The number of amides is 3. The van der Waals surface area contributed by atoms with Crippen molar-refractivity contribution in [3.63, 3.8) is 0 Å². The van der Waals surface area contributed by atoms with Gasteiger partial charge in [0.25, 0.3) is 0 Å². The zero-order valence-corrected chi connectivity index (χ0v) is 18.6. The summed E-state index contributed by atoms with van der Waals surface area (Å²) in [5.74, 6) is 1.20. The lowest BCUT2D eigenvalue weighted by Crippen LogP contribution is -2.43. The summed E-state index contributed by atoms with van der Waals surface area (Å²) in [6.45, 7) is 5.21. The van der Waals surface area contributed by atoms with Gasteiger partial charge in [0.15, 0.2) is 0 Å². The lowest BCUT2D eigenvalue weighted by Gasteiger charge is -2.34. The van der Waals surface area contributed by atoms with Crippen LogP contribution in [-0.2, 0) is 4.79 Å². The molecule has 0 unspecified atom stereocenters. The Bertz CT molecular complexity index is 906. The number of hydrogen-bond donors (Lipinski definition) is 2. The average Bonchev–Trinajstić information content (AvgIpc) is 2.80. The van der Waals surface area contributed by atoms with Crippen LogP contribution in [0.15, 0.2) is 42.5 Å². The van der Waals surface area contributed by atoms with Crippen molar-refractivity contribution in [2.75, 3.05) is 37.9 Å². The van der Waals surface area contributed by atoms with Crippen LogP contribution in [0.25, 0.3) is 0 Å². The van der Waals surface area contributed by atoms with Gasteiger partial charge in [0.05, 0.1) is 19.9 Å². The Morgan fingerprint density at radius 2 is 1.68 bits per heavy atom. The maximum absolute atomic E-state index is 12.9. The number of carbonyl (C=O) groups is 2. The molecule has 0 radical (unpaired) electrons. The minimum atomic E-state index is -0.182. The molecule has 1 saturated heterocycles. The number of piperidine rings is 1. The van der Waals surface area contributed by atoms with Crippen molar-refractivity contribution in [3.8, 4) is 11.5 Å². The average molecular weight is 426 g/mol. The molecule has 3 rings (SSSR count). The van der Waals surface area contributed by atoms with Gasteiger partial charge in [-0.2, -0.15) is 0 Å². The second kappa shape index (κ2) is 10.2. The normalized spacial score (nSPS) is 15.2. The van der Waals surface area contributed by atoms with Crippen molar-refractivity contribution in [3.05, 3.63) is 48.0 Å². The van der Waals surface area contributed by atoms with Gasteiger partial charge in [0, 0.05) is 30.8 Å². The Balaban J connectivity index is 1.53. The summed E-state index contributed by atoms with van der Waals surface area (Å²) < 4.78 is 10.6. The van der Waals surface area contributed by atoms with Gasteiger partial charge in [0.1, 0.15) is 11.5 Å². The molecule has 1 fully saturated rings. The minimum Gasteiger partial charge on any atom is -0.497 e. The number of carbonyl (C=O) groups excluding carboxylic acids is 2. The standard InChI is InChI=1S/C24H31N3O4/c1-16-5-7-19(8-6-16)25-24(29)27-13-11-18(12-14-27)17(2)23(28)26-21-15-20(30-3)9-10-22(21)31-4/h5-10,15,17-18H,11-14H2,1-4H3,(H,25,29)(H,26,28)/t17-/m0/s1. The van der Waals surface area contributed by atoms with Crippen LogP contribution in [0.5, 0.6) is 11.5 Å². The van der Waals surface area contributed by atoms with Gasteiger partial charge < -0.3 is 25.0 Å². The number of ether oxygens (including phenoxy) is 2. The van der Waals surface area contributed by atoms with Crippen molar-refractivity contribution in [2.24, 2.45) is 11.8 Å². The van der Waals surface area contributed by atoms with Crippen LogP contribution in [0.3, 0.4) is 0 Å². The van der Waals surface area contributed by atoms with Crippen molar-refractivity contribution in [1.29, 1.82) is 0 Å². The van der Waals surface area contributed by atoms with Gasteiger partial charge in [-0.25, -0.2) is 4.79 Å². The van der Waals surface area contributed by atoms with E-state index in [-0.39, 0.29) is 23.8 Å². The molecule has 7 heteroatoms. The number of anilines is 2. The highest BCUT2D eigenvalue weighted by Gasteiger charge is 2.30. The summed E-state index contributed by atoms with van der Waals surface area (Å²) in [6, 6.07) is 13.0. The summed E-state index contributed by atoms with van der Waals surface area (Å²) in [4.78, 5) is 27.2. The summed E-state index contributed by atoms with van der Waals surface area (Å²) >= 11 is 0. The molecule has 2 N–H and O–H groups in total. The first kappa shape index (κ1) is 22.5. The zero-order chi connectivity index (χ0) is 22.4. The highest BCUT2D eigenvalue weighted by atomic mass is 16.5. The minimum absolute atomic E-state index is 0.0610. The Labute approximate surface area is 183 Å². The zero-order valence-electron chi connectivity index (χ0n) is 18.6. The molecule has 0 aliphatic carbocycles. The molecular formula is C24H31N3O4. The van der Waals surface area contributed by atoms with Crippen LogP contribution >= 0.6 is 0 Å². The van der Waals surface area contributed by atoms with Crippen LogP contribution in [-0.4, -0.2) is 44.1 Å². The van der Waals surface area contributed by atoms with E-state index >= 15 is 0 Å². The third kappa shape index (κ3) is 5.69. The molecule has 0 aromatic heterocycles. The lowest BCUT2D eigenvalue weighted by atomic mass is 9.85. The van der Waals surface area contributed by atoms with Crippen molar-refractivity contribution in [1.82, 2.24) is 4.90 Å². The Morgan fingerprint density at radius 1 is 1.00 bits per heavy atom. The fraction of sp³-hybridized carbons (Fsp3) is 0.417. The summed E-state index contributed by atoms with van der Waals surface area (Å²) in [6.07, 6.45) is 1.57. The number of rotatable bonds is 6. The molecule has 3 amide bonds. The molecule has 2 aromatic rings. The van der Waals surface area contributed by atoms with Crippen LogP contribution < -0.4 is 20.1 Å². The van der Waals surface area contributed by atoms with E-state index in [2.05, 4.69) is 10.6 Å². The number of nitrogens with zero attached hydrogens (tertiary/aromatic N) is 1. The second-order valence-electron chi connectivity index (χ2n) is 7.96. The number of hydrogen-bond acceptors (Lipinski definition) is 4. The summed E-state index contributed by atoms with van der Waals surface area (Å²) in [5.41, 5.74) is 2.53. The van der Waals surface area contributed by atoms with E-state index in [9.17, 15) is 9.59 Å². The topological polar surface area (TPSA) is 79.9 Å². The maximum atomic E-state index is 12.9. The molecule has 1 aliphatic rings. The molecule has 1 aliphatic heterocycles. The van der Waals surface area contributed by atoms with Gasteiger partial charge >= 0.3 is 6.03 Å². The van der Waals surface area contributed by atoms with Gasteiger partial charge in [0.2, 0.25) is 5.91 Å². The predicted molar refractivity (Wildman–Crippen MR) is 122 cm³/mol. The highest BCUT2D eigenvalue weighted by Crippen LogP contribution is 2.31. The second-order valence-corrected chi connectivity index (χ2v) is 7.96. The molecule has 31 heavy (non-hydrogen) atoms. The molecule has 1 heterocycles. The van der Waals surface area contributed by atoms with E-state index in [0.29, 0.717) is 30.3 Å². The first-order valence-corrected chi connectivity index (χ1v) is 10.6. The Hall–Kier alpha value is -3.22. The van der Waals surface area contributed by atoms with Gasteiger partial charge in [-0.1, -0.05) is 24.6 Å². The number of aryl methyl sites for hydroxylation is 1. The van der Waals surface area contributed by atoms with Crippen molar-refractivity contribution in [2.45, 2.75) is 26.7 Å². The molecule has 2 aromatic carbocycles. The molecular weight excluding hydrogens is 394 g/mol. The fourth-order valence-electron chi connectivity index (χ4n) is 3.81. The van der Waals surface area contributed by atoms with E-state index in [1.807, 2.05) is 43.0 Å². The Morgan fingerprint density at radius 3 is 2.29 bits per heavy atom. The third-order valence-electron chi connectivity index (χ3n) is 5.91. The molecule has 166 valence electrons. The predicted octanol–water partition coefficient (Wildman–Crippen LogP) is 4.53. The van der Waals surface area contributed by atoms with Gasteiger partial charge in [-0.05, 0) is 49.9 Å². The number of benzene rings is 2. The largest absolute Gasteiger partial charge is 0.497 e. The summed E-state index contributed by atoms with van der Waals surface area (Å²) in [7, 11) is 3.15. The van der Waals surface area contributed by atoms with E-state index in [1.54, 1.807) is 32.4 Å². The van der Waals surface area contributed by atoms with Crippen LogP contribution in [0.1, 0.15) is 25.3 Å². The number of likely N-dealkylation sites (tertiary alicyclic amines) is 1. The van der Waals surface area contributed by atoms with Crippen LogP contribution in [0, 0.1) is 18.8 Å². The van der Waals surface area contributed by atoms with Crippen molar-refractivity contribution < 1.29 is 19.1 Å². The van der Waals surface area contributed by atoms with Crippen LogP contribution in [0.2, 0.25) is 0 Å². The number of urea groups is 1. The molecule has 0 saturated carbocycles. The summed E-state index contributed by atoms with van der Waals surface area (Å²) in [5, 5.41) is 5.91. The van der Waals surface area contributed by atoms with E-state index in [4.69, 9.17) is 9.47 Å². The van der Waals surface area contributed by atoms with Gasteiger partial charge in [-0.15, -0.1) is 0 Å². The quantitative estimate of drug-likeness (QED) is 0.713. The monoisotopic (exact) mass is 425 g/mol. The van der Waals surface area contributed by atoms with Crippen molar-refractivity contribution >= 4 is 23.3 Å². The first-order valence-electron chi connectivity index (χ1n) is 10.6. The maximum Gasteiger partial charge on any atom is 0.321 e. The van der Waals surface area contributed by atoms with E-state index < -0.39 is 0 Å². The molecule has 7 nitrogen and oxygen atoms in total. The SMILES string of the molecule is COc1ccc(OC)c(NC(=O)[C@@H](C)C2CCN(C(=O)Nc3ccc(C)cc3)CC2)c1. The fourth-order valence-corrected chi connectivity index (χ4v) is 3.81. The number of methoxy groups -OCH3 is 2. The Kier molecular flexibility index (Phi) is 7.39. The smallest absolute Gasteiger partial charge is 0.321 e. The number of nitrogens with one attached hydrogen (secondary N) is 2. The van der Waals surface area contributed by atoms with E-state index in [1.165, 1.54) is 0 Å². The molecule has 1 atom stereocenters.